The van der Waals surface area contributed by atoms with Crippen LogP contribution >= 0.6 is 0 Å². The second-order valence-electron chi connectivity index (χ2n) is 10.6. The Morgan fingerprint density at radius 3 is 2.51 bits per heavy atom. The largest absolute Gasteiger partial charge is 0.875 e. The molecule has 2 aliphatic heterocycles. The zero-order valence-electron chi connectivity index (χ0n) is 22.6. The van der Waals surface area contributed by atoms with Crippen molar-refractivity contribution >= 4 is 22.8 Å². The van der Waals surface area contributed by atoms with Gasteiger partial charge in [-0.1, -0.05) is 12.8 Å². The van der Waals surface area contributed by atoms with Gasteiger partial charge < -0.3 is 44.8 Å². The SMILES string of the molecule is COc1cc(OC2OC(CO)C(O)C(O)C2O)c2c(O)c(C(=O)CCC([O-])=C3C=CN=C3)c(C3CCCC3)cc2c1. The molecule has 1 saturated carbocycles. The number of aliphatic imine (C=N–C) groups is 1. The highest BCUT2D eigenvalue weighted by molar-refractivity contribution is 6.08. The highest BCUT2D eigenvalue weighted by Crippen LogP contribution is 2.46. The Balaban J connectivity index is 1.58. The lowest BCUT2D eigenvalue weighted by molar-refractivity contribution is -0.307. The predicted octanol–water partition coefficient (Wildman–Crippen LogP) is 1.57. The average Bonchev–Trinajstić information content (AvgIpc) is 3.71. The first-order valence-corrected chi connectivity index (χ1v) is 13.7. The van der Waals surface area contributed by atoms with E-state index < -0.39 is 43.1 Å². The van der Waals surface area contributed by atoms with Crippen LogP contribution in [0.5, 0.6) is 17.2 Å². The Morgan fingerprint density at radius 1 is 1.10 bits per heavy atom. The Kier molecular flexibility index (Phi) is 8.62. The summed E-state index contributed by atoms with van der Waals surface area (Å²) in [6.07, 6.45) is 0.378. The number of nitrogens with zero attached hydrogens (tertiary/aromatic N) is 1. The van der Waals surface area contributed by atoms with E-state index in [1.807, 2.05) is 6.07 Å². The summed E-state index contributed by atoms with van der Waals surface area (Å²) in [5, 5.41) is 65.4. The zero-order valence-corrected chi connectivity index (χ0v) is 22.6. The number of Topliss-reactive ketones (excluding diaryl/α,β-unsaturated/α-hetero) is 1. The Morgan fingerprint density at radius 2 is 1.85 bits per heavy atom. The van der Waals surface area contributed by atoms with Crippen molar-refractivity contribution in [3.05, 3.63) is 52.9 Å². The number of benzene rings is 2. The van der Waals surface area contributed by atoms with Gasteiger partial charge in [-0.25, -0.2) is 0 Å². The summed E-state index contributed by atoms with van der Waals surface area (Å²) in [6.45, 7) is -0.641. The monoisotopic (exact) mass is 568 g/mol. The van der Waals surface area contributed by atoms with Crippen LogP contribution in [0.2, 0.25) is 0 Å². The highest BCUT2D eigenvalue weighted by atomic mass is 16.7. The second kappa shape index (κ2) is 12.2. The summed E-state index contributed by atoms with van der Waals surface area (Å²) < 4.78 is 16.9. The van der Waals surface area contributed by atoms with Gasteiger partial charge in [0.2, 0.25) is 6.29 Å². The van der Waals surface area contributed by atoms with E-state index in [1.165, 1.54) is 25.6 Å². The fraction of sp³-hybridized carbons (Fsp3) is 0.467. The van der Waals surface area contributed by atoms with E-state index in [1.54, 1.807) is 12.1 Å². The quantitative estimate of drug-likeness (QED) is 0.220. The van der Waals surface area contributed by atoms with Crippen molar-refractivity contribution in [1.29, 1.82) is 0 Å². The van der Waals surface area contributed by atoms with E-state index in [4.69, 9.17) is 14.2 Å². The van der Waals surface area contributed by atoms with Gasteiger partial charge in [-0.05, 0) is 59.9 Å². The van der Waals surface area contributed by atoms with Gasteiger partial charge in [-0.3, -0.25) is 9.79 Å². The minimum atomic E-state index is -1.69. The molecule has 0 amide bonds. The van der Waals surface area contributed by atoms with Crippen molar-refractivity contribution in [2.75, 3.05) is 13.7 Å². The Hall–Kier alpha value is -3.48. The number of hydrogen-bond acceptors (Lipinski definition) is 11. The molecular formula is C30H34NO10-. The van der Waals surface area contributed by atoms with Gasteiger partial charge in [0, 0.05) is 24.9 Å². The van der Waals surface area contributed by atoms with Crippen LogP contribution in [-0.4, -0.2) is 82.0 Å². The van der Waals surface area contributed by atoms with Crippen LogP contribution in [0.25, 0.3) is 10.8 Å². The minimum Gasteiger partial charge on any atom is -0.875 e. The first-order valence-electron chi connectivity index (χ1n) is 13.7. The molecule has 220 valence electrons. The van der Waals surface area contributed by atoms with Crippen molar-refractivity contribution in [1.82, 2.24) is 0 Å². The lowest BCUT2D eigenvalue weighted by Gasteiger charge is -2.39. The summed E-state index contributed by atoms with van der Waals surface area (Å²) in [5.41, 5.74) is 1.22. The molecule has 5 N–H and O–H groups in total. The first kappa shape index (κ1) is 29.0. The van der Waals surface area contributed by atoms with Crippen LogP contribution in [0.1, 0.15) is 60.4 Å². The number of aliphatic hydroxyl groups excluding tert-OH is 4. The van der Waals surface area contributed by atoms with Crippen LogP contribution in [0.3, 0.4) is 0 Å². The number of phenols is 1. The van der Waals surface area contributed by atoms with Gasteiger partial charge in [0.15, 0.2) is 5.78 Å². The summed E-state index contributed by atoms with van der Waals surface area (Å²) in [7, 11) is 1.45. The number of carbonyl (C=O) groups excluding carboxylic acids is 1. The summed E-state index contributed by atoms with van der Waals surface area (Å²) in [4.78, 5) is 17.5. The molecule has 1 saturated heterocycles. The molecule has 41 heavy (non-hydrogen) atoms. The van der Waals surface area contributed by atoms with Crippen LogP contribution in [0, 0.1) is 0 Å². The number of fused-ring (bicyclic) bond motifs is 1. The molecular weight excluding hydrogens is 534 g/mol. The van der Waals surface area contributed by atoms with Crippen LogP contribution in [-0.2, 0) is 4.74 Å². The number of carbonyl (C=O) groups is 1. The first-order chi connectivity index (χ1) is 19.7. The number of allylic oxidation sites excluding steroid dienone is 3. The van der Waals surface area contributed by atoms with Crippen LogP contribution in [0.15, 0.2) is 46.8 Å². The van der Waals surface area contributed by atoms with E-state index in [2.05, 4.69) is 4.99 Å². The smallest absolute Gasteiger partial charge is 0.229 e. The van der Waals surface area contributed by atoms with E-state index in [0.29, 0.717) is 22.3 Å². The van der Waals surface area contributed by atoms with E-state index in [-0.39, 0.29) is 47.0 Å². The fourth-order valence-electron chi connectivity index (χ4n) is 5.78. The van der Waals surface area contributed by atoms with Crippen molar-refractivity contribution in [2.45, 2.75) is 75.1 Å². The maximum absolute atomic E-state index is 13.7. The molecule has 0 bridgehead atoms. The number of phenolic OH excluding ortho intramolecular Hbond substituents is 1. The zero-order chi connectivity index (χ0) is 29.3. The minimum absolute atomic E-state index is 0.00728. The normalized spacial score (nSPS) is 27.5. The standard InChI is InChI=1S/C30H35NO10/c1-39-18-10-17-11-19(15-4-2-3-5-15)25(21(34)7-6-20(33)16-8-9-31-13-16)27(36)24(17)22(12-18)40-30-29(38)28(37)26(35)23(14-32)41-30/h8-13,15,23,26,28-30,32-33,35-38H,2-7,14H2,1H3/p-1. The second-order valence-corrected chi connectivity index (χ2v) is 10.6. The van der Waals surface area contributed by atoms with E-state index in [0.717, 1.165) is 25.7 Å². The molecule has 0 aromatic heterocycles. The van der Waals surface area contributed by atoms with Gasteiger partial charge in [0.25, 0.3) is 0 Å². The number of rotatable bonds is 9. The maximum Gasteiger partial charge on any atom is 0.229 e. The summed E-state index contributed by atoms with van der Waals surface area (Å²) in [5.74, 6) is -0.558. The predicted molar refractivity (Wildman–Crippen MR) is 146 cm³/mol. The van der Waals surface area contributed by atoms with Crippen molar-refractivity contribution < 1.29 is 49.6 Å². The third kappa shape index (κ3) is 5.68. The van der Waals surface area contributed by atoms with E-state index >= 15 is 0 Å². The average molecular weight is 569 g/mol. The molecule has 0 spiro atoms. The van der Waals surface area contributed by atoms with Gasteiger partial charge >= 0.3 is 0 Å². The van der Waals surface area contributed by atoms with Crippen molar-refractivity contribution in [2.24, 2.45) is 4.99 Å². The lowest BCUT2D eigenvalue weighted by Crippen LogP contribution is -2.60. The van der Waals surface area contributed by atoms with Crippen LogP contribution in [0.4, 0.5) is 0 Å². The van der Waals surface area contributed by atoms with Crippen LogP contribution < -0.4 is 14.6 Å². The number of aliphatic hydroxyl groups is 4. The third-order valence-electron chi connectivity index (χ3n) is 8.04. The van der Waals surface area contributed by atoms with Crippen molar-refractivity contribution in [3.8, 4) is 17.2 Å². The fourth-order valence-corrected chi connectivity index (χ4v) is 5.78. The topological polar surface area (TPSA) is 181 Å². The molecule has 2 aromatic carbocycles. The number of ketones is 1. The Labute approximate surface area is 236 Å². The molecule has 1 aliphatic carbocycles. The number of ether oxygens (including phenoxy) is 3. The molecule has 5 rings (SSSR count). The molecule has 11 heteroatoms. The van der Waals surface area contributed by atoms with Gasteiger partial charge in [-0.15, -0.1) is 5.76 Å². The van der Waals surface area contributed by atoms with Crippen molar-refractivity contribution in [3.63, 3.8) is 0 Å². The van der Waals surface area contributed by atoms with E-state index in [9.17, 15) is 35.4 Å². The number of aromatic hydroxyl groups is 1. The molecule has 11 nitrogen and oxygen atoms in total. The molecule has 0 radical (unpaired) electrons. The summed E-state index contributed by atoms with van der Waals surface area (Å²) >= 11 is 0. The molecule has 2 fully saturated rings. The number of hydrogen-bond donors (Lipinski definition) is 5. The number of methoxy groups -OCH3 is 1. The highest BCUT2D eigenvalue weighted by Gasteiger charge is 2.45. The lowest BCUT2D eigenvalue weighted by atomic mass is 9.86. The van der Waals surface area contributed by atoms with Gasteiger partial charge in [-0.2, -0.15) is 0 Å². The Bertz CT molecular complexity index is 1380. The molecule has 3 aliphatic rings. The van der Waals surface area contributed by atoms with Gasteiger partial charge in [0.05, 0.1) is 24.7 Å². The molecule has 2 heterocycles. The van der Waals surface area contributed by atoms with Gasteiger partial charge in [0.1, 0.15) is 41.7 Å². The molecule has 5 atom stereocenters. The third-order valence-corrected chi connectivity index (χ3v) is 8.04. The maximum atomic E-state index is 13.7. The summed E-state index contributed by atoms with van der Waals surface area (Å²) in [6, 6.07) is 4.95. The molecule has 2 aromatic rings. The molecule has 5 unspecified atom stereocenters.